The van der Waals surface area contributed by atoms with Crippen molar-refractivity contribution in [3.8, 4) is 0 Å². The molecule has 0 saturated heterocycles. The number of aromatic nitrogens is 8. The zero-order chi connectivity index (χ0) is 17.3. The Balaban J connectivity index is 1.68. The van der Waals surface area contributed by atoms with E-state index in [9.17, 15) is 0 Å². The number of hydrogen-bond acceptors (Lipinski definition) is 8. The normalized spacial score (nSPS) is 11.1. The first-order chi connectivity index (χ1) is 12.8. The van der Waals surface area contributed by atoms with Crippen molar-refractivity contribution in [2.75, 3.05) is 10.9 Å². The average molecular weight is 344 g/mol. The molecule has 0 bridgehead atoms. The molecule has 5 rings (SSSR count). The van der Waals surface area contributed by atoms with Crippen LogP contribution in [0.15, 0.2) is 61.7 Å². The maximum Gasteiger partial charge on any atom is 0.190 e. The van der Waals surface area contributed by atoms with Gasteiger partial charge in [-0.3, -0.25) is 10.9 Å². The Labute approximate surface area is 146 Å². The molecule has 5 aromatic rings. The van der Waals surface area contributed by atoms with Crippen LogP contribution in [0, 0.1) is 0 Å². The summed E-state index contributed by atoms with van der Waals surface area (Å²) in [5.74, 6) is 1.03. The summed E-state index contributed by atoms with van der Waals surface area (Å²) in [6.45, 7) is 0. The number of fused-ring (bicyclic) bond motifs is 2. The van der Waals surface area contributed by atoms with Gasteiger partial charge < -0.3 is 0 Å². The van der Waals surface area contributed by atoms with Gasteiger partial charge in [-0.05, 0) is 22.9 Å². The van der Waals surface area contributed by atoms with Gasteiger partial charge in [-0.2, -0.15) is 0 Å². The second kappa shape index (κ2) is 5.77. The zero-order valence-electron chi connectivity index (χ0n) is 13.4. The summed E-state index contributed by atoms with van der Waals surface area (Å²) in [7, 11) is 0. The highest BCUT2D eigenvalue weighted by molar-refractivity contribution is 5.96. The van der Waals surface area contributed by atoms with Gasteiger partial charge in [0.15, 0.2) is 11.6 Å². The summed E-state index contributed by atoms with van der Waals surface area (Å²) in [5.41, 5.74) is 7.76. The van der Waals surface area contributed by atoms with E-state index in [0.29, 0.717) is 11.6 Å². The fourth-order valence-corrected chi connectivity index (χ4v) is 2.66. The van der Waals surface area contributed by atoms with Crippen molar-refractivity contribution in [3.63, 3.8) is 0 Å². The van der Waals surface area contributed by atoms with Crippen molar-refractivity contribution >= 4 is 33.4 Å². The molecule has 0 spiro atoms. The van der Waals surface area contributed by atoms with Gasteiger partial charge in [-0.25, -0.2) is 19.3 Å². The van der Waals surface area contributed by atoms with Gasteiger partial charge in [0.1, 0.15) is 25.3 Å². The lowest BCUT2D eigenvalue weighted by molar-refractivity contribution is 0.908. The molecule has 0 aliphatic heterocycles. The smallest absolute Gasteiger partial charge is 0.190 e. The number of hydrogen-bond donors (Lipinski definition) is 2. The summed E-state index contributed by atoms with van der Waals surface area (Å²) in [5, 5.41) is 17.3. The monoisotopic (exact) mass is 344 g/mol. The van der Waals surface area contributed by atoms with Crippen molar-refractivity contribution < 1.29 is 0 Å². The maximum absolute atomic E-state index is 4.71. The molecule has 0 amide bonds. The van der Waals surface area contributed by atoms with E-state index >= 15 is 0 Å². The van der Waals surface area contributed by atoms with Gasteiger partial charge in [0.2, 0.25) is 0 Å². The molecule has 10 nitrogen and oxygen atoms in total. The Morgan fingerprint density at radius 1 is 0.615 bits per heavy atom. The van der Waals surface area contributed by atoms with Gasteiger partial charge in [0.25, 0.3) is 0 Å². The summed E-state index contributed by atoms with van der Waals surface area (Å²) >= 11 is 0. The SMILES string of the molecule is c1ccc2cc3nc(Nn4cnnc4)c(Nn4cnnc4)nc3cc2c1. The highest BCUT2D eigenvalue weighted by atomic mass is 15.5. The lowest BCUT2D eigenvalue weighted by Crippen LogP contribution is -2.15. The summed E-state index contributed by atoms with van der Waals surface area (Å²) < 4.78 is 3.18. The second-order valence-corrected chi connectivity index (χ2v) is 5.57. The van der Waals surface area contributed by atoms with Crippen LogP contribution >= 0.6 is 0 Å². The van der Waals surface area contributed by atoms with Crippen molar-refractivity contribution in [2.45, 2.75) is 0 Å². The summed E-state index contributed by atoms with van der Waals surface area (Å²) in [6, 6.07) is 12.1. The predicted molar refractivity (Wildman–Crippen MR) is 95.1 cm³/mol. The van der Waals surface area contributed by atoms with Crippen LogP contribution < -0.4 is 10.9 Å². The van der Waals surface area contributed by atoms with Crippen LogP contribution in [0.3, 0.4) is 0 Å². The van der Waals surface area contributed by atoms with E-state index in [-0.39, 0.29) is 0 Å². The Hall–Kier alpha value is -4.08. The second-order valence-electron chi connectivity index (χ2n) is 5.57. The highest BCUT2D eigenvalue weighted by Gasteiger charge is 2.11. The van der Waals surface area contributed by atoms with E-state index in [2.05, 4.69) is 31.2 Å². The van der Waals surface area contributed by atoms with Gasteiger partial charge in [0, 0.05) is 0 Å². The zero-order valence-corrected chi connectivity index (χ0v) is 13.4. The van der Waals surface area contributed by atoms with E-state index in [1.54, 1.807) is 9.35 Å². The Morgan fingerprint density at radius 3 is 1.46 bits per heavy atom. The van der Waals surface area contributed by atoms with Crippen LogP contribution in [-0.2, 0) is 0 Å². The minimum atomic E-state index is 0.515. The minimum absolute atomic E-state index is 0.515. The van der Waals surface area contributed by atoms with E-state index in [0.717, 1.165) is 21.8 Å². The number of anilines is 2. The third kappa shape index (κ3) is 2.55. The van der Waals surface area contributed by atoms with Crippen LogP contribution in [0.25, 0.3) is 21.8 Å². The van der Waals surface area contributed by atoms with Crippen LogP contribution in [0.4, 0.5) is 11.6 Å². The first-order valence-electron chi connectivity index (χ1n) is 7.79. The van der Waals surface area contributed by atoms with E-state index in [4.69, 9.17) is 9.97 Å². The number of nitrogens with zero attached hydrogens (tertiary/aromatic N) is 8. The molecule has 0 aliphatic rings. The number of benzene rings is 2. The Bertz CT molecular complexity index is 1090. The van der Waals surface area contributed by atoms with Crippen LogP contribution in [0.5, 0.6) is 0 Å². The predicted octanol–water partition coefficient (Wildman–Crippen LogP) is 1.72. The van der Waals surface area contributed by atoms with Crippen molar-refractivity contribution in [3.05, 3.63) is 61.7 Å². The van der Waals surface area contributed by atoms with E-state index in [1.807, 2.05) is 36.4 Å². The standard InChI is InChI=1S/C16H12N10/c1-2-4-12-6-14-13(5-11(12)3-1)21-15(23-25-7-17-18-8-25)16(22-14)24-26-9-19-20-10-26/h1-10H,(H,21,23)(H,22,24). The molecule has 3 aromatic heterocycles. The van der Waals surface area contributed by atoms with Gasteiger partial charge in [-0.15, -0.1) is 20.4 Å². The third-order valence-electron chi connectivity index (χ3n) is 3.84. The average Bonchev–Trinajstić information content (AvgIpc) is 3.35. The first kappa shape index (κ1) is 14.3. The summed E-state index contributed by atoms with van der Waals surface area (Å²) in [6.07, 6.45) is 6.15. The van der Waals surface area contributed by atoms with Crippen molar-refractivity contribution in [2.24, 2.45) is 0 Å². The van der Waals surface area contributed by atoms with Crippen LogP contribution in [-0.4, -0.2) is 39.7 Å². The van der Waals surface area contributed by atoms with Crippen LogP contribution in [0.2, 0.25) is 0 Å². The van der Waals surface area contributed by atoms with E-state index < -0.39 is 0 Å². The molecule has 0 radical (unpaired) electrons. The molecule has 2 N–H and O–H groups in total. The molecular weight excluding hydrogens is 332 g/mol. The van der Waals surface area contributed by atoms with Crippen molar-refractivity contribution in [1.82, 2.24) is 39.7 Å². The fourth-order valence-electron chi connectivity index (χ4n) is 2.66. The number of nitrogens with one attached hydrogen (secondary N) is 2. The largest absolute Gasteiger partial charge is 0.272 e. The van der Waals surface area contributed by atoms with Crippen molar-refractivity contribution in [1.29, 1.82) is 0 Å². The maximum atomic E-state index is 4.71. The quantitative estimate of drug-likeness (QED) is 0.474. The fraction of sp³-hybridized carbons (Fsp3) is 0. The first-order valence-corrected chi connectivity index (χ1v) is 7.79. The Kier molecular flexibility index (Phi) is 3.17. The summed E-state index contributed by atoms with van der Waals surface area (Å²) in [4.78, 5) is 9.43. The van der Waals surface area contributed by atoms with Crippen LogP contribution in [0.1, 0.15) is 0 Å². The molecule has 2 aromatic carbocycles. The molecule has 26 heavy (non-hydrogen) atoms. The van der Waals surface area contributed by atoms with Gasteiger partial charge in [0.05, 0.1) is 11.0 Å². The lowest BCUT2D eigenvalue weighted by Gasteiger charge is -2.13. The Morgan fingerprint density at radius 2 is 1.04 bits per heavy atom. The lowest BCUT2D eigenvalue weighted by atomic mass is 10.1. The number of rotatable bonds is 4. The minimum Gasteiger partial charge on any atom is -0.272 e. The topological polar surface area (TPSA) is 111 Å². The molecule has 0 saturated carbocycles. The van der Waals surface area contributed by atoms with Gasteiger partial charge in [-0.1, -0.05) is 24.3 Å². The molecule has 0 atom stereocenters. The molecule has 0 aliphatic carbocycles. The molecular formula is C16H12N10. The molecule has 126 valence electrons. The molecule has 0 unspecified atom stereocenters. The highest BCUT2D eigenvalue weighted by Crippen LogP contribution is 2.25. The van der Waals surface area contributed by atoms with Gasteiger partial charge >= 0.3 is 0 Å². The molecule has 3 heterocycles. The molecule has 0 fully saturated rings. The van der Waals surface area contributed by atoms with E-state index in [1.165, 1.54) is 25.3 Å². The third-order valence-corrected chi connectivity index (χ3v) is 3.84. The molecule has 10 heteroatoms.